The fourth-order valence-corrected chi connectivity index (χ4v) is 3.00. The lowest BCUT2D eigenvalue weighted by Gasteiger charge is -2.08. The quantitative estimate of drug-likeness (QED) is 0.228. The lowest BCUT2D eigenvalue weighted by atomic mass is 10.1. The van der Waals surface area contributed by atoms with E-state index < -0.39 is 0 Å². The van der Waals surface area contributed by atoms with Crippen molar-refractivity contribution in [3.63, 3.8) is 0 Å². The van der Waals surface area contributed by atoms with E-state index in [1.807, 2.05) is 0 Å². The summed E-state index contributed by atoms with van der Waals surface area (Å²) in [6.45, 7) is 6.61. The molecule has 0 saturated heterocycles. The maximum absolute atomic E-state index is 11.5. The molecule has 0 bridgehead atoms. The van der Waals surface area contributed by atoms with Crippen LogP contribution in [0.4, 0.5) is 9.59 Å². The molecular formula is C23H46N2O4. The van der Waals surface area contributed by atoms with Gasteiger partial charge in [0.1, 0.15) is 0 Å². The van der Waals surface area contributed by atoms with Crippen LogP contribution in [0.25, 0.3) is 0 Å². The van der Waals surface area contributed by atoms with Crippen molar-refractivity contribution in [1.29, 1.82) is 0 Å². The molecule has 0 atom stereocenters. The summed E-state index contributed by atoms with van der Waals surface area (Å²) in [4.78, 5) is 23.1. The van der Waals surface area contributed by atoms with E-state index in [1.165, 1.54) is 51.4 Å². The molecule has 6 heteroatoms. The molecule has 0 aromatic rings. The minimum Gasteiger partial charge on any atom is -0.450 e. The van der Waals surface area contributed by atoms with E-state index in [-0.39, 0.29) is 12.2 Å². The molecule has 0 aliphatic heterocycles. The molecule has 172 valence electrons. The van der Waals surface area contributed by atoms with Crippen LogP contribution in [0.5, 0.6) is 0 Å². The molecule has 0 aromatic carbocycles. The lowest BCUT2D eigenvalue weighted by Crippen LogP contribution is -2.26. The van der Waals surface area contributed by atoms with Gasteiger partial charge in [-0.05, 0) is 32.1 Å². The van der Waals surface area contributed by atoms with Gasteiger partial charge in [0.05, 0.1) is 13.2 Å². The Bertz CT molecular complexity index is 344. The summed E-state index contributed by atoms with van der Waals surface area (Å²) in [5, 5.41) is 5.58. The predicted octanol–water partition coefficient (Wildman–Crippen LogP) is 6.33. The van der Waals surface area contributed by atoms with Crippen LogP contribution in [0.15, 0.2) is 0 Å². The Balaban J connectivity index is 3.27. The van der Waals surface area contributed by atoms with E-state index in [1.54, 1.807) is 0 Å². The van der Waals surface area contributed by atoms with Crippen LogP contribution in [0.3, 0.4) is 0 Å². The molecule has 0 aromatic heterocycles. The monoisotopic (exact) mass is 414 g/mol. The van der Waals surface area contributed by atoms with E-state index in [0.717, 1.165) is 44.9 Å². The summed E-state index contributed by atoms with van der Waals surface area (Å²) < 4.78 is 10.3. The standard InChI is InChI=1S/C23H46N2O4/c1-3-5-7-9-11-14-18-24-22(26)28-20-16-13-17-21-29-23(27)25-19-15-12-10-8-6-4-2/h3-21H2,1-2H3,(H,24,26)(H,25,27). The Labute approximate surface area is 178 Å². The molecule has 0 spiro atoms. The maximum atomic E-state index is 11.5. The molecule has 0 saturated carbocycles. The van der Waals surface area contributed by atoms with Gasteiger partial charge >= 0.3 is 12.2 Å². The molecule has 2 amide bonds. The van der Waals surface area contributed by atoms with Crippen LogP contribution in [0.2, 0.25) is 0 Å². The van der Waals surface area contributed by atoms with Crippen LogP contribution >= 0.6 is 0 Å². The number of hydrogen-bond donors (Lipinski definition) is 2. The van der Waals surface area contributed by atoms with Gasteiger partial charge in [-0.1, -0.05) is 78.1 Å². The van der Waals surface area contributed by atoms with E-state index in [4.69, 9.17) is 9.47 Å². The maximum Gasteiger partial charge on any atom is 0.407 e. The van der Waals surface area contributed by atoms with E-state index in [0.29, 0.717) is 26.3 Å². The van der Waals surface area contributed by atoms with Gasteiger partial charge in [0.25, 0.3) is 0 Å². The molecule has 0 aliphatic carbocycles. The van der Waals surface area contributed by atoms with Gasteiger partial charge in [-0.25, -0.2) is 9.59 Å². The van der Waals surface area contributed by atoms with Crippen LogP contribution < -0.4 is 10.6 Å². The first-order chi connectivity index (χ1) is 14.2. The van der Waals surface area contributed by atoms with Crippen molar-refractivity contribution in [2.24, 2.45) is 0 Å². The van der Waals surface area contributed by atoms with Gasteiger partial charge in [0.15, 0.2) is 0 Å². The zero-order valence-electron chi connectivity index (χ0n) is 19.1. The van der Waals surface area contributed by atoms with Gasteiger partial charge in [-0.15, -0.1) is 0 Å². The third-order valence-electron chi connectivity index (χ3n) is 4.85. The number of rotatable bonds is 20. The topological polar surface area (TPSA) is 76.7 Å². The molecule has 0 rings (SSSR count). The summed E-state index contributed by atoms with van der Waals surface area (Å²) in [5.74, 6) is 0. The Kier molecular flexibility index (Phi) is 21.7. The van der Waals surface area contributed by atoms with Gasteiger partial charge in [0, 0.05) is 13.1 Å². The van der Waals surface area contributed by atoms with Crippen LogP contribution in [-0.2, 0) is 9.47 Å². The second-order valence-electron chi connectivity index (χ2n) is 7.72. The largest absolute Gasteiger partial charge is 0.450 e. The Morgan fingerprint density at radius 3 is 1.28 bits per heavy atom. The van der Waals surface area contributed by atoms with Crippen LogP contribution in [0, 0.1) is 0 Å². The lowest BCUT2D eigenvalue weighted by molar-refractivity contribution is 0.136. The number of alkyl carbamates (subject to hydrolysis) is 2. The number of hydrogen-bond acceptors (Lipinski definition) is 4. The molecule has 0 fully saturated rings. The van der Waals surface area contributed by atoms with Gasteiger partial charge < -0.3 is 20.1 Å². The number of nitrogens with one attached hydrogen (secondary N) is 2. The van der Waals surface area contributed by atoms with E-state index >= 15 is 0 Å². The highest BCUT2D eigenvalue weighted by Gasteiger charge is 2.02. The molecule has 0 aliphatic rings. The van der Waals surface area contributed by atoms with Crippen molar-refractivity contribution in [2.45, 2.75) is 110 Å². The Hall–Kier alpha value is -1.46. The molecule has 0 heterocycles. The minimum absolute atomic E-state index is 0.330. The van der Waals surface area contributed by atoms with E-state index in [2.05, 4.69) is 24.5 Å². The zero-order chi connectivity index (χ0) is 21.4. The highest BCUT2D eigenvalue weighted by Crippen LogP contribution is 2.05. The Morgan fingerprint density at radius 1 is 0.517 bits per heavy atom. The molecule has 0 radical (unpaired) electrons. The number of carbonyl (C=O) groups is 2. The van der Waals surface area contributed by atoms with Crippen molar-refractivity contribution in [3.05, 3.63) is 0 Å². The molecule has 29 heavy (non-hydrogen) atoms. The summed E-state index contributed by atoms with van der Waals surface area (Å²) in [7, 11) is 0. The number of unbranched alkanes of at least 4 members (excludes halogenated alkanes) is 12. The number of ether oxygens (including phenoxy) is 2. The average Bonchev–Trinajstić information content (AvgIpc) is 2.71. The first kappa shape index (κ1) is 27.5. The highest BCUT2D eigenvalue weighted by atomic mass is 16.6. The third kappa shape index (κ3) is 22.7. The van der Waals surface area contributed by atoms with Gasteiger partial charge in [-0.2, -0.15) is 0 Å². The molecule has 6 nitrogen and oxygen atoms in total. The normalized spacial score (nSPS) is 10.6. The van der Waals surface area contributed by atoms with Crippen molar-refractivity contribution in [2.75, 3.05) is 26.3 Å². The fourth-order valence-electron chi connectivity index (χ4n) is 3.00. The Morgan fingerprint density at radius 2 is 0.862 bits per heavy atom. The fraction of sp³-hybridized carbons (Fsp3) is 0.913. The summed E-state index contributed by atoms with van der Waals surface area (Å²) in [5.41, 5.74) is 0. The molecule has 2 N–H and O–H groups in total. The second kappa shape index (κ2) is 22.8. The van der Waals surface area contributed by atoms with E-state index in [9.17, 15) is 9.59 Å². The molecule has 0 unspecified atom stereocenters. The van der Waals surface area contributed by atoms with Crippen LogP contribution in [-0.4, -0.2) is 38.5 Å². The predicted molar refractivity (Wildman–Crippen MR) is 119 cm³/mol. The van der Waals surface area contributed by atoms with Crippen LogP contribution in [0.1, 0.15) is 110 Å². The SMILES string of the molecule is CCCCCCCCNC(=O)OCCCCCOC(=O)NCCCCCCCC. The highest BCUT2D eigenvalue weighted by molar-refractivity contribution is 5.67. The minimum atomic E-state index is -0.330. The van der Waals surface area contributed by atoms with Gasteiger partial charge in [0.2, 0.25) is 0 Å². The first-order valence-electron chi connectivity index (χ1n) is 12.0. The number of carbonyl (C=O) groups excluding carboxylic acids is 2. The van der Waals surface area contributed by atoms with Crippen molar-refractivity contribution >= 4 is 12.2 Å². The van der Waals surface area contributed by atoms with Crippen molar-refractivity contribution < 1.29 is 19.1 Å². The van der Waals surface area contributed by atoms with Crippen molar-refractivity contribution in [1.82, 2.24) is 10.6 Å². The third-order valence-corrected chi connectivity index (χ3v) is 4.85. The first-order valence-corrected chi connectivity index (χ1v) is 12.0. The van der Waals surface area contributed by atoms with Gasteiger partial charge in [-0.3, -0.25) is 0 Å². The average molecular weight is 415 g/mol. The van der Waals surface area contributed by atoms with Crippen molar-refractivity contribution in [3.8, 4) is 0 Å². The molecular weight excluding hydrogens is 368 g/mol. The summed E-state index contributed by atoms with van der Waals surface area (Å²) in [6, 6.07) is 0. The zero-order valence-corrected chi connectivity index (χ0v) is 19.1. The second-order valence-corrected chi connectivity index (χ2v) is 7.72. The number of amides is 2. The smallest absolute Gasteiger partial charge is 0.407 e. The summed E-state index contributed by atoms with van der Waals surface area (Å²) >= 11 is 0. The summed E-state index contributed by atoms with van der Waals surface area (Å²) in [6.07, 6.45) is 16.3.